The number of hydrogen-bond acceptors (Lipinski definition) is 9. The summed E-state index contributed by atoms with van der Waals surface area (Å²) in [5.74, 6) is 0.850. The normalized spacial score (nSPS) is 21.9. The molecule has 0 bridgehead atoms. The fourth-order valence-corrected chi connectivity index (χ4v) is 5.18. The van der Waals surface area contributed by atoms with Crippen LogP contribution in [0.15, 0.2) is 17.8 Å². The number of imidazole rings is 1. The zero-order valence-corrected chi connectivity index (χ0v) is 16.9. The molecule has 0 radical (unpaired) electrons. The molecule has 5 heterocycles. The summed E-state index contributed by atoms with van der Waals surface area (Å²) in [5, 5.41) is 4.13. The van der Waals surface area contributed by atoms with E-state index in [0.29, 0.717) is 15.9 Å². The van der Waals surface area contributed by atoms with Crippen molar-refractivity contribution in [1.82, 2.24) is 34.2 Å². The molecule has 0 aliphatic carbocycles. The summed E-state index contributed by atoms with van der Waals surface area (Å²) < 4.78 is 4.20. The van der Waals surface area contributed by atoms with Gasteiger partial charge in [0.2, 0.25) is 10.3 Å². The number of thioether (sulfide) groups is 1. The van der Waals surface area contributed by atoms with E-state index in [1.54, 1.807) is 12.7 Å². The number of H-pyrrole nitrogens is 1. The van der Waals surface area contributed by atoms with Gasteiger partial charge in [-0.15, -0.1) is 0 Å². The number of aromatic nitrogens is 6. The Hall–Kier alpha value is -2.47. The monoisotopic (exact) mass is 417 g/mol. The second-order valence-corrected chi connectivity index (χ2v) is 8.49. The van der Waals surface area contributed by atoms with E-state index in [1.165, 1.54) is 23.3 Å². The molecule has 2 amide bonds. The molecule has 0 saturated carbocycles. The molecule has 10 nitrogen and oxygen atoms in total. The van der Waals surface area contributed by atoms with Crippen LogP contribution in [0.2, 0.25) is 0 Å². The highest BCUT2D eigenvalue weighted by Gasteiger charge is 2.50. The van der Waals surface area contributed by atoms with Gasteiger partial charge < -0.3 is 14.8 Å². The third-order valence-electron chi connectivity index (χ3n) is 5.48. The first-order valence-corrected chi connectivity index (χ1v) is 11.0. The van der Waals surface area contributed by atoms with Crippen LogP contribution in [0.1, 0.15) is 19.3 Å². The van der Waals surface area contributed by atoms with Gasteiger partial charge in [-0.1, -0.05) is 11.8 Å². The zero-order chi connectivity index (χ0) is 19.1. The molecule has 146 valence electrons. The molecule has 2 N–H and O–H groups in total. The number of hydrogen-bond donors (Lipinski definition) is 2. The van der Waals surface area contributed by atoms with Gasteiger partial charge in [0.1, 0.15) is 11.8 Å². The number of rotatable bonds is 3. The second-order valence-electron chi connectivity index (χ2n) is 6.97. The average molecular weight is 418 g/mol. The van der Waals surface area contributed by atoms with Crippen molar-refractivity contribution in [1.29, 1.82) is 0 Å². The number of fused-ring (bicyclic) bond motifs is 1. The number of amides is 2. The van der Waals surface area contributed by atoms with E-state index < -0.39 is 0 Å². The summed E-state index contributed by atoms with van der Waals surface area (Å²) in [6.07, 6.45) is 8.07. The number of urea groups is 1. The Morgan fingerprint density at radius 3 is 3.04 bits per heavy atom. The van der Waals surface area contributed by atoms with Gasteiger partial charge in [-0.3, -0.25) is 5.32 Å². The minimum Gasteiger partial charge on any atom is -0.352 e. The number of carbonyl (C=O) groups excluding carboxylic acids is 1. The fourth-order valence-electron chi connectivity index (χ4n) is 4.07. The van der Waals surface area contributed by atoms with Gasteiger partial charge >= 0.3 is 6.03 Å². The average Bonchev–Trinajstić information content (AvgIpc) is 3.36. The third kappa shape index (κ3) is 2.87. The maximum Gasteiger partial charge on any atom is 0.324 e. The highest BCUT2D eigenvalue weighted by molar-refractivity contribution is 7.98. The van der Waals surface area contributed by atoms with Gasteiger partial charge in [-0.25, -0.2) is 19.7 Å². The molecule has 2 saturated heterocycles. The number of carbonyl (C=O) groups is 1. The van der Waals surface area contributed by atoms with Crippen molar-refractivity contribution in [3.05, 3.63) is 12.7 Å². The molecule has 1 atom stereocenters. The molecule has 2 fully saturated rings. The smallest absolute Gasteiger partial charge is 0.324 e. The van der Waals surface area contributed by atoms with Crippen molar-refractivity contribution in [2.75, 3.05) is 36.1 Å². The number of likely N-dealkylation sites (tertiary alicyclic amines) is 1. The van der Waals surface area contributed by atoms with Crippen LogP contribution >= 0.6 is 23.3 Å². The van der Waals surface area contributed by atoms with Crippen molar-refractivity contribution >= 4 is 51.4 Å². The van der Waals surface area contributed by atoms with Crippen LogP contribution in [0, 0.1) is 0 Å². The van der Waals surface area contributed by atoms with E-state index >= 15 is 0 Å². The van der Waals surface area contributed by atoms with Crippen LogP contribution in [0.3, 0.4) is 0 Å². The van der Waals surface area contributed by atoms with E-state index in [4.69, 9.17) is 0 Å². The summed E-state index contributed by atoms with van der Waals surface area (Å²) in [6.45, 7) is 2.39. The Labute approximate surface area is 169 Å². The van der Waals surface area contributed by atoms with E-state index in [1.807, 2.05) is 11.2 Å². The Morgan fingerprint density at radius 2 is 2.25 bits per heavy atom. The predicted octanol–water partition coefficient (Wildman–Crippen LogP) is 2.20. The molecule has 2 aliphatic rings. The molecule has 3 aromatic heterocycles. The standard InChI is InChI=1S/C16H19N9OS2/c1-27-14-21-13(28-23-14)22-15(26)25-6-4-16(25)3-2-5-24(7-16)12-10-11(18-8-17-10)19-9-20-12/h8-9H,2-7H2,1H3,(H,17,18,19,20)(H,21,22,23,26). The van der Waals surface area contributed by atoms with E-state index in [-0.39, 0.29) is 11.6 Å². The number of nitrogens with one attached hydrogen (secondary N) is 2. The topological polar surface area (TPSA) is 116 Å². The molecule has 12 heteroatoms. The second kappa shape index (κ2) is 6.85. The van der Waals surface area contributed by atoms with Crippen LogP contribution in [0.5, 0.6) is 0 Å². The minimum atomic E-state index is -0.174. The van der Waals surface area contributed by atoms with Crippen LogP contribution < -0.4 is 10.2 Å². The van der Waals surface area contributed by atoms with Gasteiger partial charge in [0.25, 0.3) is 0 Å². The number of anilines is 2. The minimum absolute atomic E-state index is 0.105. The molecule has 28 heavy (non-hydrogen) atoms. The number of aromatic amines is 1. The van der Waals surface area contributed by atoms with Crippen LogP contribution in [-0.2, 0) is 0 Å². The molecular formula is C16H19N9OS2. The first kappa shape index (κ1) is 17.6. The summed E-state index contributed by atoms with van der Waals surface area (Å²) in [4.78, 5) is 37.4. The Bertz CT molecular complexity index is 1020. The Kier molecular flexibility index (Phi) is 4.31. The Balaban J connectivity index is 1.34. The third-order valence-corrected chi connectivity index (χ3v) is 6.77. The van der Waals surface area contributed by atoms with Gasteiger partial charge in [0, 0.05) is 31.2 Å². The summed E-state index contributed by atoms with van der Waals surface area (Å²) >= 11 is 2.67. The lowest BCUT2D eigenvalue weighted by Gasteiger charge is -2.56. The molecular weight excluding hydrogens is 398 g/mol. The maximum atomic E-state index is 12.9. The lowest BCUT2D eigenvalue weighted by atomic mass is 9.78. The summed E-state index contributed by atoms with van der Waals surface area (Å²) in [5.41, 5.74) is 1.33. The number of nitrogens with zero attached hydrogens (tertiary/aromatic N) is 7. The van der Waals surface area contributed by atoms with Gasteiger partial charge in [-0.2, -0.15) is 9.36 Å². The predicted molar refractivity (Wildman–Crippen MR) is 108 cm³/mol. The lowest BCUT2D eigenvalue weighted by Crippen LogP contribution is -2.69. The SMILES string of the molecule is CSc1nsc(NC(=O)N2CCC23CCCN(c2ncnc4nc[nH]c24)C3)n1. The van der Waals surface area contributed by atoms with Gasteiger partial charge in [0.05, 0.1) is 11.9 Å². The van der Waals surface area contributed by atoms with E-state index in [2.05, 4.69) is 39.5 Å². The Morgan fingerprint density at radius 1 is 1.32 bits per heavy atom. The van der Waals surface area contributed by atoms with Crippen LogP contribution in [-0.4, -0.2) is 71.7 Å². The molecule has 3 aromatic rings. The first-order valence-electron chi connectivity index (χ1n) is 9.04. The summed E-state index contributed by atoms with van der Waals surface area (Å²) in [7, 11) is 0. The fraction of sp³-hybridized carbons (Fsp3) is 0.500. The van der Waals surface area contributed by atoms with E-state index in [0.717, 1.165) is 50.2 Å². The van der Waals surface area contributed by atoms with Crippen molar-refractivity contribution in [3.8, 4) is 0 Å². The molecule has 5 rings (SSSR count). The van der Waals surface area contributed by atoms with Gasteiger partial charge in [-0.05, 0) is 25.5 Å². The highest BCUT2D eigenvalue weighted by atomic mass is 32.2. The summed E-state index contributed by atoms with van der Waals surface area (Å²) in [6, 6.07) is -0.105. The number of piperidine rings is 1. The van der Waals surface area contributed by atoms with Crippen molar-refractivity contribution < 1.29 is 4.79 Å². The zero-order valence-electron chi connectivity index (χ0n) is 15.3. The molecule has 0 aromatic carbocycles. The quantitative estimate of drug-likeness (QED) is 0.623. The van der Waals surface area contributed by atoms with E-state index in [9.17, 15) is 4.79 Å². The van der Waals surface area contributed by atoms with Crippen molar-refractivity contribution in [2.45, 2.75) is 30.0 Å². The maximum absolute atomic E-state index is 12.9. The van der Waals surface area contributed by atoms with Gasteiger partial charge in [0.15, 0.2) is 11.5 Å². The lowest BCUT2D eigenvalue weighted by molar-refractivity contribution is 0.0183. The van der Waals surface area contributed by atoms with Crippen LogP contribution in [0.25, 0.3) is 11.2 Å². The first-order chi connectivity index (χ1) is 13.7. The largest absolute Gasteiger partial charge is 0.352 e. The van der Waals surface area contributed by atoms with Crippen molar-refractivity contribution in [3.63, 3.8) is 0 Å². The molecule has 1 unspecified atom stereocenters. The highest BCUT2D eigenvalue weighted by Crippen LogP contribution is 2.40. The molecule has 1 spiro atoms. The van der Waals surface area contributed by atoms with Crippen molar-refractivity contribution in [2.24, 2.45) is 0 Å². The molecule has 2 aliphatic heterocycles. The van der Waals surface area contributed by atoms with Crippen LogP contribution in [0.4, 0.5) is 15.7 Å².